The van der Waals surface area contributed by atoms with Gasteiger partial charge in [-0.15, -0.1) is 0 Å². The van der Waals surface area contributed by atoms with Crippen molar-refractivity contribution in [2.45, 2.75) is 6.92 Å². The molecular formula is C9H11NO. The molecule has 0 aliphatic heterocycles. The summed E-state index contributed by atoms with van der Waals surface area (Å²) in [6.07, 6.45) is 0. The van der Waals surface area contributed by atoms with Crippen molar-refractivity contribution in [3.8, 4) is 5.75 Å². The Kier molecular flexibility index (Phi) is 2.66. The summed E-state index contributed by atoms with van der Waals surface area (Å²) in [5, 5.41) is 0. The Morgan fingerprint density at radius 3 is 2.45 bits per heavy atom. The molecule has 0 aliphatic carbocycles. The molecule has 0 amide bonds. The molecule has 2 nitrogen and oxygen atoms in total. The van der Waals surface area contributed by atoms with Crippen molar-refractivity contribution in [3.05, 3.63) is 30.3 Å². The Hall–Kier alpha value is -1.31. The van der Waals surface area contributed by atoms with Crippen LogP contribution in [0.2, 0.25) is 0 Å². The highest BCUT2D eigenvalue weighted by atomic mass is 16.5. The summed E-state index contributed by atoms with van der Waals surface area (Å²) in [6, 6.07) is 9.60. The predicted octanol–water partition coefficient (Wildman–Crippen LogP) is 2.11. The smallest absolute Gasteiger partial charge is 0.186 e. The number of para-hydroxylation sites is 1. The molecule has 1 aromatic rings. The van der Waals surface area contributed by atoms with Gasteiger partial charge in [0.25, 0.3) is 0 Å². The van der Waals surface area contributed by atoms with E-state index in [-0.39, 0.29) is 0 Å². The first-order chi connectivity index (χ1) is 5.33. The molecule has 2 heteroatoms. The van der Waals surface area contributed by atoms with Crippen LogP contribution in [-0.4, -0.2) is 12.9 Å². The molecule has 11 heavy (non-hydrogen) atoms. The molecule has 0 N–H and O–H groups in total. The second-order valence-electron chi connectivity index (χ2n) is 2.16. The number of hydrogen-bond donors (Lipinski definition) is 0. The minimum absolute atomic E-state index is 0.677. The maximum Gasteiger partial charge on any atom is 0.186 e. The molecule has 0 saturated carbocycles. The van der Waals surface area contributed by atoms with Crippen molar-refractivity contribution in [2.24, 2.45) is 4.99 Å². The Labute approximate surface area is 66.5 Å². The average Bonchev–Trinajstić information content (AvgIpc) is 2.06. The second-order valence-corrected chi connectivity index (χ2v) is 2.16. The molecule has 1 aromatic carbocycles. The molecular weight excluding hydrogens is 138 g/mol. The van der Waals surface area contributed by atoms with Gasteiger partial charge in [0.2, 0.25) is 0 Å². The van der Waals surface area contributed by atoms with E-state index in [1.165, 1.54) is 0 Å². The highest BCUT2D eigenvalue weighted by molar-refractivity contribution is 5.75. The standard InChI is InChI=1S/C9H11NO/c1-8(10-2)11-9-6-4-3-5-7-9/h3-7H,1-2H3/b10-8+. The number of ether oxygens (including phenoxy) is 1. The summed E-state index contributed by atoms with van der Waals surface area (Å²) in [5.41, 5.74) is 0. The minimum atomic E-state index is 0.677. The van der Waals surface area contributed by atoms with Gasteiger partial charge in [-0.05, 0) is 12.1 Å². The lowest BCUT2D eigenvalue weighted by atomic mass is 10.3. The van der Waals surface area contributed by atoms with Crippen molar-refractivity contribution in [1.82, 2.24) is 0 Å². The molecule has 0 radical (unpaired) electrons. The first kappa shape index (κ1) is 7.79. The van der Waals surface area contributed by atoms with Gasteiger partial charge in [-0.2, -0.15) is 0 Å². The zero-order valence-corrected chi connectivity index (χ0v) is 6.74. The fourth-order valence-corrected chi connectivity index (χ4v) is 0.705. The van der Waals surface area contributed by atoms with E-state index in [0.717, 1.165) is 5.75 Å². The van der Waals surface area contributed by atoms with Crippen molar-refractivity contribution in [3.63, 3.8) is 0 Å². The summed E-state index contributed by atoms with van der Waals surface area (Å²) in [6.45, 7) is 1.83. The van der Waals surface area contributed by atoms with E-state index in [0.29, 0.717) is 5.90 Å². The van der Waals surface area contributed by atoms with Crippen LogP contribution in [0.5, 0.6) is 5.75 Å². The fourth-order valence-electron chi connectivity index (χ4n) is 0.705. The topological polar surface area (TPSA) is 21.6 Å². The first-order valence-corrected chi connectivity index (χ1v) is 3.49. The molecule has 0 fully saturated rings. The van der Waals surface area contributed by atoms with E-state index in [1.807, 2.05) is 37.3 Å². The zero-order valence-electron chi connectivity index (χ0n) is 6.74. The number of nitrogens with zero attached hydrogens (tertiary/aromatic N) is 1. The average molecular weight is 149 g/mol. The third kappa shape index (κ3) is 2.42. The second kappa shape index (κ2) is 3.76. The molecule has 0 atom stereocenters. The fraction of sp³-hybridized carbons (Fsp3) is 0.222. The highest BCUT2D eigenvalue weighted by Gasteiger charge is 1.91. The van der Waals surface area contributed by atoms with Crippen LogP contribution >= 0.6 is 0 Å². The molecule has 0 heterocycles. The molecule has 0 unspecified atom stereocenters. The Morgan fingerprint density at radius 2 is 1.91 bits per heavy atom. The first-order valence-electron chi connectivity index (χ1n) is 3.49. The molecule has 0 spiro atoms. The molecule has 0 aliphatic rings. The van der Waals surface area contributed by atoms with E-state index in [1.54, 1.807) is 7.05 Å². The van der Waals surface area contributed by atoms with E-state index in [9.17, 15) is 0 Å². The zero-order chi connectivity index (χ0) is 8.10. The van der Waals surface area contributed by atoms with Crippen molar-refractivity contribution in [2.75, 3.05) is 7.05 Å². The van der Waals surface area contributed by atoms with Crippen LogP contribution in [0.1, 0.15) is 6.92 Å². The van der Waals surface area contributed by atoms with Gasteiger partial charge in [-0.1, -0.05) is 18.2 Å². The Balaban J connectivity index is 2.65. The predicted molar refractivity (Wildman–Crippen MR) is 46.1 cm³/mol. The van der Waals surface area contributed by atoms with Gasteiger partial charge in [0, 0.05) is 14.0 Å². The minimum Gasteiger partial charge on any atom is -0.444 e. The van der Waals surface area contributed by atoms with Gasteiger partial charge in [-0.25, -0.2) is 0 Å². The van der Waals surface area contributed by atoms with Crippen LogP contribution in [-0.2, 0) is 0 Å². The van der Waals surface area contributed by atoms with Crippen LogP contribution in [0, 0.1) is 0 Å². The SMILES string of the molecule is C/N=C(\C)Oc1ccccc1. The van der Waals surface area contributed by atoms with Crippen molar-refractivity contribution >= 4 is 5.90 Å². The van der Waals surface area contributed by atoms with Gasteiger partial charge >= 0.3 is 0 Å². The van der Waals surface area contributed by atoms with E-state index >= 15 is 0 Å². The van der Waals surface area contributed by atoms with Gasteiger partial charge in [-0.3, -0.25) is 4.99 Å². The summed E-state index contributed by atoms with van der Waals surface area (Å²) in [4.78, 5) is 3.88. The highest BCUT2D eigenvalue weighted by Crippen LogP contribution is 2.08. The van der Waals surface area contributed by atoms with Gasteiger partial charge in [0.05, 0.1) is 0 Å². The Bertz CT molecular complexity index is 241. The lowest BCUT2D eigenvalue weighted by molar-refractivity contribution is 0.545. The molecule has 58 valence electrons. The van der Waals surface area contributed by atoms with E-state index in [4.69, 9.17) is 4.74 Å². The lowest BCUT2D eigenvalue weighted by Gasteiger charge is -2.01. The lowest BCUT2D eigenvalue weighted by Crippen LogP contribution is -2.01. The molecule has 0 aromatic heterocycles. The van der Waals surface area contributed by atoms with E-state index < -0.39 is 0 Å². The van der Waals surface area contributed by atoms with Gasteiger partial charge in [0.15, 0.2) is 5.90 Å². The van der Waals surface area contributed by atoms with Gasteiger partial charge < -0.3 is 4.74 Å². The number of aliphatic imine (C=N–C) groups is 1. The quantitative estimate of drug-likeness (QED) is 0.442. The largest absolute Gasteiger partial charge is 0.444 e. The van der Waals surface area contributed by atoms with Crippen LogP contribution in [0.25, 0.3) is 0 Å². The Morgan fingerprint density at radius 1 is 1.27 bits per heavy atom. The van der Waals surface area contributed by atoms with Gasteiger partial charge in [0.1, 0.15) is 5.75 Å². The molecule has 0 saturated heterocycles. The number of hydrogen-bond acceptors (Lipinski definition) is 2. The van der Waals surface area contributed by atoms with Crippen LogP contribution < -0.4 is 4.74 Å². The maximum absolute atomic E-state index is 5.31. The third-order valence-electron chi connectivity index (χ3n) is 1.32. The molecule has 1 rings (SSSR count). The summed E-state index contributed by atoms with van der Waals surface area (Å²) < 4.78 is 5.31. The third-order valence-corrected chi connectivity index (χ3v) is 1.32. The number of rotatable bonds is 1. The summed E-state index contributed by atoms with van der Waals surface area (Å²) in [5.74, 6) is 1.51. The molecule has 0 bridgehead atoms. The monoisotopic (exact) mass is 149 g/mol. The number of benzene rings is 1. The van der Waals surface area contributed by atoms with Crippen molar-refractivity contribution in [1.29, 1.82) is 0 Å². The summed E-state index contributed by atoms with van der Waals surface area (Å²) >= 11 is 0. The normalized spacial score (nSPS) is 11.3. The van der Waals surface area contributed by atoms with Crippen LogP contribution in [0.4, 0.5) is 0 Å². The van der Waals surface area contributed by atoms with Crippen molar-refractivity contribution < 1.29 is 4.74 Å². The van der Waals surface area contributed by atoms with Crippen LogP contribution in [0.15, 0.2) is 35.3 Å². The van der Waals surface area contributed by atoms with E-state index in [2.05, 4.69) is 4.99 Å². The maximum atomic E-state index is 5.31. The van der Waals surface area contributed by atoms with Crippen LogP contribution in [0.3, 0.4) is 0 Å². The summed E-state index contributed by atoms with van der Waals surface area (Å²) in [7, 11) is 1.71.